The second-order valence-corrected chi connectivity index (χ2v) is 21.9. The average molecular weight is 1180 g/mol. The molecule has 0 bridgehead atoms. The van der Waals surface area contributed by atoms with Gasteiger partial charge in [0.2, 0.25) is 17.7 Å². The molecule has 0 saturated carbocycles. The Morgan fingerprint density at radius 2 is 0.795 bits per heavy atom. The Balaban J connectivity index is 0.000000255. The van der Waals surface area contributed by atoms with Crippen molar-refractivity contribution in [2.24, 2.45) is 23.5 Å². The minimum Gasteiger partial charge on any atom is -0.481 e. The molecule has 1 aliphatic carbocycles. The van der Waals surface area contributed by atoms with Gasteiger partial charge < -0.3 is 36.8 Å². The number of nitrogens with one attached hydrogen (secondary N) is 4. The highest BCUT2D eigenvalue weighted by atomic mass is 16.5. The molecule has 0 heterocycles. The summed E-state index contributed by atoms with van der Waals surface area (Å²) >= 11 is 0. The topological polar surface area (TPSA) is 223 Å². The van der Waals surface area contributed by atoms with E-state index in [1.165, 1.54) is 6.92 Å². The van der Waals surface area contributed by atoms with E-state index in [2.05, 4.69) is 21.3 Å². The highest BCUT2D eigenvalue weighted by molar-refractivity contribution is 5.94. The minimum atomic E-state index is -1.33. The van der Waals surface area contributed by atoms with Crippen LogP contribution < -0.4 is 27.0 Å². The number of carboxylic acids is 1. The quantitative estimate of drug-likeness (QED) is 0.0314. The van der Waals surface area contributed by atoms with Crippen LogP contribution in [0, 0.1) is 17.8 Å². The van der Waals surface area contributed by atoms with Crippen LogP contribution >= 0.6 is 0 Å². The third-order valence-corrected chi connectivity index (χ3v) is 16.1. The van der Waals surface area contributed by atoms with Gasteiger partial charge in [0.05, 0.1) is 25.4 Å². The number of carbonyl (C=O) groups excluding carboxylic acids is 6. The summed E-state index contributed by atoms with van der Waals surface area (Å²) in [5.74, 6) is -3.49. The Kier molecular flexibility index (Phi) is 24.0. The molecule has 1 aliphatic rings. The van der Waals surface area contributed by atoms with Crippen LogP contribution in [0.25, 0.3) is 11.1 Å². The lowest BCUT2D eigenvalue weighted by Gasteiger charge is -2.37. The summed E-state index contributed by atoms with van der Waals surface area (Å²) in [5, 5.41) is 20.9. The molecule has 4 atom stereocenters. The average Bonchev–Trinajstić information content (AvgIpc) is 1.62. The molecule has 7 N–H and O–H groups in total. The number of hydrogen-bond donors (Lipinski definition) is 6. The molecule has 9 rings (SSSR count). The van der Waals surface area contributed by atoms with Crippen LogP contribution in [0.3, 0.4) is 0 Å². The molecule has 0 unspecified atom stereocenters. The second-order valence-electron chi connectivity index (χ2n) is 21.9. The Bertz CT molecular complexity index is 3330. The van der Waals surface area contributed by atoms with Gasteiger partial charge in [-0.25, -0.2) is 4.79 Å². The maximum Gasteiger partial charge on any atom is 0.407 e. The third-order valence-electron chi connectivity index (χ3n) is 16.1. The molecule has 0 fully saturated rings. The molecule has 0 spiro atoms. The predicted octanol–water partition coefficient (Wildman–Crippen LogP) is 11.9. The van der Waals surface area contributed by atoms with Crippen molar-refractivity contribution < 1.29 is 43.4 Å². The van der Waals surface area contributed by atoms with Crippen molar-refractivity contribution >= 4 is 41.4 Å². The summed E-state index contributed by atoms with van der Waals surface area (Å²) in [4.78, 5) is 88.8. The number of carboxylic acid groups (broad SMARTS) is 1. The summed E-state index contributed by atoms with van der Waals surface area (Å²) in [6, 6.07) is 72.7. The second kappa shape index (κ2) is 32.1. The van der Waals surface area contributed by atoms with Crippen LogP contribution in [0.5, 0.6) is 0 Å². The van der Waals surface area contributed by atoms with E-state index in [0.717, 1.165) is 62.1 Å². The molecule has 8 aromatic carbocycles. The molecule has 88 heavy (non-hydrogen) atoms. The molecule has 0 saturated heterocycles. The molecule has 0 aliphatic heterocycles. The Morgan fingerprint density at radius 1 is 0.466 bits per heavy atom. The van der Waals surface area contributed by atoms with Gasteiger partial charge in [0.15, 0.2) is 5.78 Å². The number of ketones is 2. The van der Waals surface area contributed by atoms with E-state index in [-0.39, 0.29) is 61.3 Å². The van der Waals surface area contributed by atoms with Gasteiger partial charge in [-0.3, -0.25) is 28.8 Å². The number of fused-ring (bicyclic) bond motifs is 3. The largest absolute Gasteiger partial charge is 0.481 e. The van der Waals surface area contributed by atoms with Crippen molar-refractivity contribution in [3.05, 3.63) is 275 Å². The van der Waals surface area contributed by atoms with Crippen molar-refractivity contribution in [3.63, 3.8) is 0 Å². The highest BCUT2D eigenvalue weighted by Gasteiger charge is 2.41. The summed E-state index contributed by atoms with van der Waals surface area (Å²) in [6.45, 7) is 9.12. The third kappa shape index (κ3) is 16.4. The van der Waals surface area contributed by atoms with Gasteiger partial charge in [0.25, 0.3) is 0 Å². The van der Waals surface area contributed by atoms with Gasteiger partial charge in [-0.15, -0.1) is 0 Å². The molecule has 8 aromatic rings. The summed E-state index contributed by atoms with van der Waals surface area (Å²) in [5.41, 5.74) is 12.5. The summed E-state index contributed by atoms with van der Waals surface area (Å²) in [6.07, 6.45) is 0.170. The first-order valence-electron chi connectivity index (χ1n) is 29.9. The van der Waals surface area contributed by atoms with Crippen LogP contribution in [0.2, 0.25) is 0 Å². The summed E-state index contributed by atoms with van der Waals surface area (Å²) < 4.78 is 5.76. The number of ether oxygens (including phenoxy) is 1. The number of hydrogen-bond acceptors (Lipinski definition) is 9. The number of benzene rings is 8. The van der Waals surface area contributed by atoms with E-state index >= 15 is 0 Å². The smallest absolute Gasteiger partial charge is 0.407 e. The van der Waals surface area contributed by atoms with E-state index in [4.69, 9.17) is 10.5 Å². The molecule has 4 amide bonds. The number of amides is 4. The number of alkyl carbamates (subject to hydrolysis) is 1. The fourth-order valence-corrected chi connectivity index (χ4v) is 10.8. The van der Waals surface area contributed by atoms with E-state index < -0.39 is 53.3 Å². The maximum absolute atomic E-state index is 14.3. The normalized spacial score (nSPS) is 12.9. The molecule has 0 aromatic heterocycles. The molecule has 454 valence electrons. The van der Waals surface area contributed by atoms with Crippen molar-refractivity contribution in [1.29, 1.82) is 0 Å². The summed E-state index contributed by atoms with van der Waals surface area (Å²) in [7, 11) is 0. The number of nitrogens with two attached hydrogens (primary N) is 1. The first-order valence-corrected chi connectivity index (χ1v) is 29.9. The standard InChI is InChI=1S/C44H43N3O5.C24H23NO3.C6H13NO/c1-3-30(2)40(48)28-45-42(50)39(46-43(51)52-29-38-36-25-15-13-23-34(36)35-24-14-16-26-37(35)38)27-41(49)47-44(31-17-7-4-8-18-31,32-19-9-5-10-20-32)33-21-11-6-12-22-33;1-18(23(27)28)17-22(26)25-24(19-11-5-2-6-12-19,20-13-7-3-8-14-20)21-15-9-4-10-16-21;1-3-5(2)6(8)4-7/h4-26,30,38-39H,3,27-29H2,1-2H3,(H,45,50)(H,46,51)(H,47,49);2-16,18H,17H2,1H3,(H,25,26)(H,27,28);5H,3-4,7H2,1-2H3/t30-,39-;18-;5-/m000/s1. The first-order chi connectivity index (χ1) is 42.6. The zero-order valence-electron chi connectivity index (χ0n) is 50.6. The number of Topliss-reactive ketones (excluding diaryl/α,β-unsaturated/α-hetero) is 2. The zero-order valence-corrected chi connectivity index (χ0v) is 50.6. The van der Waals surface area contributed by atoms with E-state index in [9.17, 15) is 38.7 Å². The van der Waals surface area contributed by atoms with Crippen molar-refractivity contribution in [3.8, 4) is 11.1 Å². The lowest BCUT2D eigenvalue weighted by atomic mass is 9.76. The van der Waals surface area contributed by atoms with E-state index in [1.54, 1.807) is 6.92 Å². The number of aliphatic carboxylic acids is 1. The number of rotatable bonds is 24. The lowest BCUT2D eigenvalue weighted by molar-refractivity contribution is -0.143. The van der Waals surface area contributed by atoms with Crippen LogP contribution in [0.4, 0.5) is 4.79 Å². The lowest BCUT2D eigenvalue weighted by Crippen LogP contribution is -2.53. The van der Waals surface area contributed by atoms with Crippen LogP contribution in [0.1, 0.15) is 111 Å². The Hall–Kier alpha value is -9.79. The van der Waals surface area contributed by atoms with Crippen LogP contribution in [-0.2, 0) is 44.6 Å². The van der Waals surface area contributed by atoms with Gasteiger partial charge in [0.1, 0.15) is 29.5 Å². The Morgan fingerprint density at radius 3 is 1.12 bits per heavy atom. The van der Waals surface area contributed by atoms with Gasteiger partial charge in [-0.1, -0.05) is 265 Å². The SMILES string of the molecule is CC[C@H](C)C(=O)CN.CC[C@H](C)C(=O)CNC(=O)[C@H](CC(=O)NC(c1ccccc1)(c1ccccc1)c1ccccc1)NC(=O)OCC1c2ccccc2-c2ccccc21.C[C@@H](CC(=O)NC(c1ccccc1)(c1ccccc1)c1ccccc1)C(=O)O. The van der Waals surface area contributed by atoms with Crippen molar-refractivity contribution in [2.75, 3.05) is 19.7 Å². The molecule has 14 heteroatoms. The Labute approximate surface area is 516 Å². The van der Waals surface area contributed by atoms with Gasteiger partial charge in [-0.05, 0) is 68.5 Å². The predicted molar refractivity (Wildman–Crippen MR) is 344 cm³/mol. The number of carbonyl (C=O) groups is 7. The van der Waals surface area contributed by atoms with Crippen molar-refractivity contribution in [2.45, 2.75) is 83.3 Å². The van der Waals surface area contributed by atoms with Crippen LogP contribution in [0.15, 0.2) is 231 Å². The van der Waals surface area contributed by atoms with Crippen molar-refractivity contribution in [1.82, 2.24) is 21.3 Å². The fraction of sp³-hybridized carbons (Fsp3) is 0.257. The van der Waals surface area contributed by atoms with E-state index in [1.807, 2.05) is 251 Å². The molecular weight excluding hydrogens is 1100 g/mol. The molecular formula is C74H79N5O9. The van der Waals surface area contributed by atoms with Gasteiger partial charge >= 0.3 is 12.1 Å². The zero-order chi connectivity index (χ0) is 63.1. The highest BCUT2D eigenvalue weighted by Crippen LogP contribution is 2.45. The van der Waals surface area contributed by atoms with Gasteiger partial charge in [0, 0.05) is 24.2 Å². The molecule has 0 radical (unpaired) electrons. The maximum atomic E-state index is 14.3. The van der Waals surface area contributed by atoms with Gasteiger partial charge in [-0.2, -0.15) is 0 Å². The molecule has 14 nitrogen and oxygen atoms in total. The first kappa shape index (κ1) is 65.7. The fourth-order valence-electron chi connectivity index (χ4n) is 10.8. The monoisotopic (exact) mass is 1180 g/mol. The minimum absolute atomic E-state index is 0.0338. The van der Waals surface area contributed by atoms with E-state index in [0.29, 0.717) is 6.42 Å². The van der Waals surface area contributed by atoms with Crippen LogP contribution in [-0.4, -0.2) is 72.2 Å².